The highest BCUT2D eigenvalue weighted by atomic mass is 35.5. The molecular formula is C25H26ClN4O4S+. The number of nitrogens with two attached hydrogens (primary N) is 1. The van der Waals surface area contributed by atoms with Crippen LogP contribution in [0.3, 0.4) is 0 Å². The van der Waals surface area contributed by atoms with Crippen molar-refractivity contribution in [2.75, 3.05) is 4.90 Å². The number of amides is 1. The Balaban J connectivity index is 0.00000167. The largest absolute Gasteiger partial charge is 0.507 e. The number of aliphatic hydroxyl groups excluding tert-OH is 1. The third kappa shape index (κ3) is 5.03. The fraction of sp³-hybridized carbons (Fsp3) is 0.200. The number of hydrogen-bond acceptors (Lipinski definition) is 7. The molecule has 4 N–H and O–H groups in total. The van der Waals surface area contributed by atoms with Crippen molar-refractivity contribution in [3.63, 3.8) is 0 Å². The van der Waals surface area contributed by atoms with Gasteiger partial charge in [-0.3, -0.25) is 19.5 Å². The van der Waals surface area contributed by atoms with Gasteiger partial charge in [0.15, 0.2) is 10.8 Å². The summed E-state index contributed by atoms with van der Waals surface area (Å²) in [4.78, 5) is 36.2. The molecule has 0 radical (unpaired) electrons. The maximum Gasteiger partial charge on any atom is 0.301 e. The topological polar surface area (TPSA) is 120 Å². The highest BCUT2D eigenvalue weighted by Crippen LogP contribution is 2.42. The Morgan fingerprint density at radius 3 is 2.54 bits per heavy atom. The van der Waals surface area contributed by atoms with Crippen LogP contribution in [0.2, 0.25) is 0 Å². The summed E-state index contributed by atoms with van der Waals surface area (Å²) in [6.07, 6.45) is 4.78. The predicted octanol–water partition coefficient (Wildman–Crippen LogP) is 2.94. The number of quaternary nitrogens is 1. The zero-order valence-electron chi connectivity index (χ0n) is 19.7. The standard InChI is InChI=1S/C23H19ClN4O4S.C2H6/c1-3-16-18(12(2)24)26-23(33-16)28-19(13-6-4-8-15(10-13)27-32)17(21(30)22(28)31)20(29)14-7-5-9-25-11-14;1-2/h3-11,19,27,29,32H,1-2H3;1-2H3/p+1/b16-3+,18-12-,20-17+;. The van der Waals surface area contributed by atoms with Crippen molar-refractivity contribution in [2.45, 2.75) is 33.7 Å². The van der Waals surface area contributed by atoms with Crippen molar-refractivity contribution in [3.8, 4) is 0 Å². The molecule has 1 saturated heterocycles. The molecule has 0 aliphatic carbocycles. The van der Waals surface area contributed by atoms with E-state index in [1.807, 2.05) is 26.8 Å². The van der Waals surface area contributed by atoms with Crippen molar-refractivity contribution >= 4 is 62.3 Å². The molecule has 1 aliphatic rings. The van der Waals surface area contributed by atoms with Gasteiger partial charge in [0.05, 0.1) is 21.5 Å². The number of rotatable bonds is 4. The van der Waals surface area contributed by atoms with E-state index in [9.17, 15) is 19.9 Å². The van der Waals surface area contributed by atoms with E-state index in [0.29, 0.717) is 27.2 Å². The smallest absolute Gasteiger partial charge is 0.301 e. The van der Waals surface area contributed by atoms with Gasteiger partial charge < -0.3 is 5.11 Å². The Kier molecular flexibility index (Phi) is 8.52. The number of Topliss-reactive ketones (excluding diaryl/α,β-unsaturated/α-hetero) is 1. The van der Waals surface area contributed by atoms with Crippen LogP contribution < -0.4 is 20.3 Å². The maximum absolute atomic E-state index is 13.2. The van der Waals surface area contributed by atoms with Crippen molar-refractivity contribution in [1.82, 2.24) is 9.97 Å². The molecule has 1 fully saturated rings. The number of pyridine rings is 1. The number of hydrogen-bond donors (Lipinski definition) is 3. The minimum Gasteiger partial charge on any atom is -0.507 e. The van der Waals surface area contributed by atoms with Crippen LogP contribution in [-0.4, -0.2) is 32.0 Å². The molecule has 3 heterocycles. The van der Waals surface area contributed by atoms with E-state index >= 15 is 0 Å². The maximum atomic E-state index is 13.2. The summed E-state index contributed by atoms with van der Waals surface area (Å²) in [6, 6.07) is 8.97. The number of benzene rings is 1. The lowest BCUT2D eigenvalue weighted by atomic mass is 9.95. The lowest BCUT2D eigenvalue weighted by Crippen LogP contribution is -2.73. The third-order valence-corrected chi connectivity index (χ3v) is 6.49. The van der Waals surface area contributed by atoms with E-state index in [1.54, 1.807) is 43.3 Å². The fourth-order valence-corrected chi connectivity index (χ4v) is 4.91. The van der Waals surface area contributed by atoms with Crippen molar-refractivity contribution < 1.29 is 25.4 Å². The number of thiazole rings is 1. The molecule has 1 unspecified atom stereocenters. The molecule has 1 aromatic carbocycles. The van der Waals surface area contributed by atoms with Gasteiger partial charge in [0.1, 0.15) is 5.76 Å². The van der Waals surface area contributed by atoms with Gasteiger partial charge >= 0.3 is 5.91 Å². The molecular weight excluding hydrogens is 488 g/mol. The van der Waals surface area contributed by atoms with Gasteiger partial charge in [-0.2, -0.15) is 5.48 Å². The van der Waals surface area contributed by atoms with Crippen LogP contribution in [0, 0.1) is 0 Å². The average molecular weight is 514 g/mol. The van der Waals surface area contributed by atoms with Crippen LogP contribution in [0.1, 0.15) is 44.9 Å². The number of ketones is 1. The molecule has 0 saturated carbocycles. The number of halogens is 1. The Bertz CT molecular complexity index is 1400. The summed E-state index contributed by atoms with van der Waals surface area (Å²) in [7, 11) is 0. The van der Waals surface area contributed by atoms with Crippen LogP contribution in [0.25, 0.3) is 16.9 Å². The number of anilines is 1. The summed E-state index contributed by atoms with van der Waals surface area (Å²) in [5.74, 6) is -2.00. The first kappa shape index (κ1) is 26.2. The van der Waals surface area contributed by atoms with Crippen LogP contribution in [0.15, 0.2) is 54.4 Å². The zero-order chi connectivity index (χ0) is 25.7. The minimum absolute atomic E-state index is 0.0894. The molecule has 4 rings (SSSR count). The first-order chi connectivity index (χ1) is 16.9. The normalized spacial score (nSPS) is 18.4. The van der Waals surface area contributed by atoms with E-state index in [2.05, 4.69) is 9.97 Å². The van der Waals surface area contributed by atoms with Gasteiger partial charge in [-0.15, -0.1) is 0 Å². The van der Waals surface area contributed by atoms with Crippen LogP contribution in [-0.2, 0) is 9.59 Å². The lowest BCUT2D eigenvalue weighted by molar-refractivity contribution is -0.825. The Morgan fingerprint density at radius 1 is 1.23 bits per heavy atom. The van der Waals surface area contributed by atoms with E-state index in [0.717, 1.165) is 10.0 Å². The first-order valence-corrected chi connectivity index (χ1v) is 12.1. The summed E-state index contributed by atoms with van der Waals surface area (Å²) in [6.45, 7) is 7.52. The van der Waals surface area contributed by atoms with Gasteiger partial charge in [0.2, 0.25) is 0 Å². The number of nitrogens with zero attached hydrogens (tertiary/aromatic N) is 3. The second-order valence-corrected chi connectivity index (χ2v) is 8.82. The predicted molar refractivity (Wildman–Crippen MR) is 137 cm³/mol. The Labute approximate surface area is 211 Å². The first-order valence-electron chi connectivity index (χ1n) is 11.0. The monoisotopic (exact) mass is 513 g/mol. The van der Waals surface area contributed by atoms with E-state index in [-0.39, 0.29) is 16.5 Å². The van der Waals surface area contributed by atoms with Crippen molar-refractivity contribution in [1.29, 1.82) is 0 Å². The molecule has 3 aromatic rings. The van der Waals surface area contributed by atoms with Gasteiger partial charge in [-0.1, -0.05) is 55.0 Å². The Hall–Kier alpha value is -3.37. The molecule has 2 aromatic heterocycles. The quantitative estimate of drug-likeness (QED) is 0.162. The second-order valence-electron chi connectivity index (χ2n) is 7.24. The molecule has 1 aliphatic heterocycles. The highest BCUT2D eigenvalue weighted by Gasteiger charge is 2.48. The van der Waals surface area contributed by atoms with Crippen molar-refractivity contribution in [2.24, 2.45) is 0 Å². The SMILES string of the molecule is C/C=c1/sc(N2C(=O)C(=O)/C(=C(/O)c3cccnc3)C2c2cccc([NH2+]O)c2)n/c1=C(/C)Cl.CC. The molecule has 1 atom stereocenters. The van der Waals surface area contributed by atoms with E-state index in [4.69, 9.17) is 11.6 Å². The van der Waals surface area contributed by atoms with Crippen LogP contribution in [0.5, 0.6) is 0 Å². The van der Waals surface area contributed by atoms with Gasteiger partial charge in [0.25, 0.3) is 5.78 Å². The van der Waals surface area contributed by atoms with Gasteiger partial charge in [-0.05, 0) is 31.5 Å². The van der Waals surface area contributed by atoms with E-state index in [1.165, 1.54) is 28.6 Å². The summed E-state index contributed by atoms with van der Waals surface area (Å²) in [5, 5.41) is 21.8. The molecule has 1 amide bonds. The van der Waals surface area contributed by atoms with Gasteiger partial charge in [0, 0.05) is 35.1 Å². The number of carbonyl (C=O) groups is 2. The van der Waals surface area contributed by atoms with Crippen LogP contribution in [0.4, 0.5) is 10.8 Å². The molecule has 10 heteroatoms. The van der Waals surface area contributed by atoms with Gasteiger partial charge in [-0.25, -0.2) is 10.2 Å². The third-order valence-electron chi connectivity index (χ3n) is 5.19. The number of aromatic nitrogens is 2. The summed E-state index contributed by atoms with van der Waals surface area (Å²) < 4.78 is 0.753. The number of carbonyl (C=O) groups excluding carboxylic acids is 2. The van der Waals surface area contributed by atoms with Crippen LogP contribution >= 0.6 is 22.9 Å². The molecule has 35 heavy (non-hydrogen) atoms. The fourth-order valence-electron chi connectivity index (χ4n) is 3.68. The average Bonchev–Trinajstić information content (AvgIpc) is 3.44. The molecule has 182 valence electrons. The second kappa shape index (κ2) is 11.4. The molecule has 8 nitrogen and oxygen atoms in total. The minimum atomic E-state index is -0.968. The van der Waals surface area contributed by atoms with Crippen molar-refractivity contribution in [3.05, 3.63) is 75.4 Å². The highest BCUT2D eigenvalue weighted by molar-refractivity contribution is 7.14. The summed E-state index contributed by atoms with van der Waals surface area (Å²) >= 11 is 7.42. The Morgan fingerprint density at radius 2 is 1.97 bits per heavy atom. The lowest BCUT2D eigenvalue weighted by Gasteiger charge is -2.22. The molecule has 0 bridgehead atoms. The van der Waals surface area contributed by atoms with E-state index < -0.39 is 17.7 Å². The summed E-state index contributed by atoms with van der Waals surface area (Å²) in [5.41, 5.74) is 2.14. The number of aliphatic hydroxyl groups is 1. The molecule has 0 spiro atoms. The zero-order valence-corrected chi connectivity index (χ0v) is 21.3.